The molecule has 1 amide bonds. The molecule has 4 nitrogen and oxygen atoms in total. The predicted octanol–water partition coefficient (Wildman–Crippen LogP) is 2.33. The van der Waals surface area contributed by atoms with Crippen molar-refractivity contribution in [2.24, 2.45) is 11.7 Å². The fourth-order valence-corrected chi connectivity index (χ4v) is 2.97. The molecule has 0 unspecified atom stereocenters. The van der Waals surface area contributed by atoms with E-state index in [9.17, 15) is 4.79 Å². The maximum atomic E-state index is 12.0. The first kappa shape index (κ1) is 15.6. The summed E-state index contributed by atoms with van der Waals surface area (Å²) in [6.07, 6.45) is 2.11. The van der Waals surface area contributed by atoms with E-state index >= 15 is 0 Å². The summed E-state index contributed by atoms with van der Waals surface area (Å²) in [5.41, 5.74) is 5.08. The number of ether oxygens (including phenoxy) is 1. The van der Waals surface area contributed by atoms with Crippen LogP contribution in [0.15, 0.2) is 0 Å². The Morgan fingerprint density at radius 3 is 2.83 bits per heavy atom. The number of nitrogens with two attached hydrogens (primary N) is 1. The molecule has 0 aliphatic carbocycles. The van der Waals surface area contributed by atoms with Crippen LogP contribution >= 0.6 is 11.8 Å². The zero-order valence-corrected chi connectivity index (χ0v) is 12.6. The van der Waals surface area contributed by atoms with E-state index in [1.807, 2.05) is 37.4 Å². The van der Waals surface area contributed by atoms with Crippen molar-refractivity contribution >= 4 is 17.9 Å². The lowest BCUT2D eigenvalue weighted by Crippen LogP contribution is -2.43. The minimum atomic E-state index is -0.404. The Labute approximate surface area is 115 Å². The van der Waals surface area contributed by atoms with Gasteiger partial charge in [0, 0.05) is 25.4 Å². The quantitative estimate of drug-likeness (QED) is 0.799. The topological polar surface area (TPSA) is 55.6 Å². The van der Waals surface area contributed by atoms with Crippen molar-refractivity contribution in [3.63, 3.8) is 0 Å². The molecular formula is C13H26N2O2S. The maximum absolute atomic E-state index is 12.0. The van der Waals surface area contributed by atoms with Gasteiger partial charge in [-0.05, 0) is 45.3 Å². The summed E-state index contributed by atoms with van der Waals surface area (Å²) in [6.45, 7) is 8.10. The maximum Gasteiger partial charge on any atom is 0.410 e. The smallest absolute Gasteiger partial charge is 0.410 e. The summed E-state index contributed by atoms with van der Waals surface area (Å²) in [6, 6.07) is 0. The third-order valence-electron chi connectivity index (χ3n) is 2.79. The van der Waals surface area contributed by atoms with Crippen LogP contribution in [0.3, 0.4) is 0 Å². The Morgan fingerprint density at radius 2 is 2.22 bits per heavy atom. The number of carbonyl (C=O) groups excluding carboxylic acids is 1. The fourth-order valence-electron chi connectivity index (χ4n) is 2.03. The van der Waals surface area contributed by atoms with E-state index in [0.29, 0.717) is 5.92 Å². The van der Waals surface area contributed by atoms with Gasteiger partial charge < -0.3 is 15.4 Å². The molecule has 1 atom stereocenters. The number of nitrogens with zero attached hydrogens (tertiary/aromatic N) is 1. The number of rotatable bonds is 4. The van der Waals surface area contributed by atoms with Crippen LogP contribution in [0.25, 0.3) is 0 Å². The first-order valence-electron chi connectivity index (χ1n) is 6.68. The van der Waals surface area contributed by atoms with Crippen molar-refractivity contribution in [1.29, 1.82) is 0 Å². The highest BCUT2D eigenvalue weighted by molar-refractivity contribution is 7.99. The van der Waals surface area contributed by atoms with Gasteiger partial charge in [-0.3, -0.25) is 0 Å². The lowest BCUT2D eigenvalue weighted by atomic mass is 10.0. The first-order valence-corrected chi connectivity index (χ1v) is 7.83. The zero-order valence-electron chi connectivity index (χ0n) is 11.8. The molecule has 1 saturated heterocycles. The van der Waals surface area contributed by atoms with Crippen LogP contribution < -0.4 is 5.73 Å². The summed E-state index contributed by atoms with van der Waals surface area (Å²) in [7, 11) is 0. The number of hydrogen-bond acceptors (Lipinski definition) is 4. The van der Waals surface area contributed by atoms with Crippen molar-refractivity contribution in [2.75, 3.05) is 31.1 Å². The molecule has 2 N–H and O–H groups in total. The fraction of sp³-hybridized carbons (Fsp3) is 0.923. The molecule has 0 aromatic rings. The highest BCUT2D eigenvalue weighted by Crippen LogP contribution is 2.22. The third kappa shape index (κ3) is 5.96. The average molecular weight is 274 g/mol. The van der Waals surface area contributed by atoms with Crippen LogP contribution in [0.2, 0.25) is 0 Å². The molecule has 0 bridgehead atoms. The van der Waals surface area contributed by atoms with Crippen molar-refractivity contribution in [2.45, 2.75) is 39.2 Å². The van der Waals surface area contributed by atoms with Gasteiger partial charge in [0.2, 0.25) is 0 Å². The van der Waals surface area contributed by atoms with Crippen LogP contribution in [0.5, 0.6) is 0 Å². The molecule has 1 aliphatic rings. The van der Waals surface area contributed by atoms with Crippen LogP contribution in [-0.4, -0.2) is 47.7 Å². The van der Waals surface area contributed by atoms with Crippen molar-refractivity contribution < 1.29 is 9.53 Å². The van der Waals surface area contributed by atoms with Gasteiger partial charge in [-0.1, -0.05) is 0 Å². The van der Waals surface area contributed by atoms with Gasteiger partial charge in [-0.2, -0.15) is 11.8 Å². The second-order valence-electron chi connectivity index (χ2n) is 5.80. The molecule has 1 heterocycles. The number of thioether (sulfide) groups is 1. The number of carbonyl (C=O) groups is 1. The molecule has 106 valence electrons. The van der Waals surface area contributed by atoms with E-state index in [2.05, 4.69) is 0 Å². The first-order chi connectivity index (χ1) is 8.42. The Bertz CT molecular complexity index is 266. The molecule has 5 heteroatoms. The molecule has 0 aromatic carbocycles. The minimum absolute atomic E-state index is 0.170. The second-order valence-corrected chi connectivity index (χ2v) is 6.95. The molecule has 0 radical (unpaired) electrons. The van der Waals surface area contributed by atoms with Gasteiger partial charge in [-0.25, -0.2) is 4.79 Å². The van der Waals surface area contributed by atoms with Gasteiger partial charge in [0.25, 0.3) is 0 Å². The molecule has 1 aliphatic heterocycles. The summed E-state index contributed by atoms with van der Waals surface area (Å²) >= 11 is 1.88. The number of amides is 1. The molecule has 0 spiro atoms. The molecule has 0 aromatic heterocycles. The van der Waals surface area contributed by atoms with E-state index in [1.54, 1.807) is 0 Å². The van der Waals surface area contributed by atoms with Crippen LogP contribution in [0.1, 0.15) is 33.6 Å². The van der Waals surface area contributed by atoms with E-state index in [4.69, 9.17) is 10.5 Å². The monoisotopic (exact) mass is 274 g/mol. The third-order valence-corrected chi connectivity index (χ3v) is 4.02. The highest BCUT2D eigenvalue weighted by Gasteiger charge is 2.27. The van der Waals surface area contributed by atoms with Crippen LogP contribution in [0, 0.1) is 5.92 Å². The lowest BCUT2D eigenvalue weighted by Gasteiger charge is -2.34. The van der Waals surface area contributed by atoms with Crippen molar-refractivity contribution in [1.82, 2.24) is 4.90 Å². The van der Waals surface area contributed by atoms with Gasteiger partial charge in [0.15, 0.2) is 0 Å². The summed E-state index contributed by atoms with van der Waals surface area (Å²) in [5.74, 6) is 2.68. The van der Waals surface area contributed by atoms with E-state index in [1.165, 1.54) is 6.42 Å². The standard InChI is InChI=1S/C13H26N2O2S/c1-13(2,3)17-12(16)15-7-4-5-11(9-15)10-18-8-6-14/h11H,4-10,14H2,1-3H3/t11-/m1/s1. The Morgan fingerprint density at radius 1 is 1.50 bits per heavy atom. The van der Waals surface area contributed by atoms with Gasteiger partial charge in [0.05, 0.1) is 0 Å². The number of likely N-dealkylation sites (tertiary alicyclic amines) is 1. The molecular weight excluding hydrogens is 248 g/mol. The zero-order chi connectivity index (χ0) is 13.6. The molecule has 1 fully saturated rings. The Hall–Kier alpha value is -0.420. The van der Waals surface area contributed by atoms with Gasteiger partial charge in [0.1, 0.15) is 5.60 Å². The SMILES string of the molecule is CC(C)(C)OC(=O)N1CCC[C@@H](CSCCN)C1. The Balaban J connectivity index is 2.36. The molecule has 0 saturated carbocycles. The van der Waals surface area contributed by atoms with Crippen LogP contribution in [0.4, 0.5) is 4.79 Å². The largest absolute Gasteiger partial charge is 0.444 e. The highest BCUT2D eigenvalue weighted by atomic mass is 32.2. The lowest BCUT2D eigenvalue weighted by molar-refractivity contribution is 0.0177. The van der Waals surface area contributed by atoms with Crippen LogP contribution in [-0.2, 0) is 4.74 Å². The van der Waals surface area contributed by atoms with Gasteiger partial charge >= 0.3 is 6.09 Å². The Kier molecular flexibility index (Phi) is 6.29. The summed E-state index contributed by atoms with van der Waals surface area (Å²) < 4.78 is 5.41. The predicted molar refractivity (Wildman–Crippen MR) is 76.9 cm³/mol. The summed E-state index contributed by atoms with van der Waals surface area (Å²) in [5, 5.41) is 0. The molecule has 1 rings (SSSR count). The van der Waals surface area contributed by atoms with E-state index in [0.717, 1.165) is 37.6 Å². The van der Waals surface area contributed by atoms with E-state index in [-0.39, 0.29) is 6.09 Å². The molecule has 18 heavy (non-hydrogen) atoms. The van der Waals surface area contributed by atoms with Crippen molar-refractivity contribution in [3.8, 4) is 0 Å². The van der Waals surface area contributed by atoms with Gasteiger partial charge in [-0.15, -0.1) is 0 Å². The number of piperidine rings is 1. The summed E-state index contributed by atoms with van der Waals surface area (Å²) in [4.78, 5) is 13.8. The second kappa shape index (κ2) is 7.24. The minimum Gasteiger partial charge on any atom is -0.444 e. The average Bonchev–Trinajstić information content (AvgIpc) is 2.27. The van der Waals surface area contributed by atoms with E-state index < -0.39 is 5.60 Å². The number of hydrogen-bond donors (Lipinski definition) is 1. The van der Waals surface area contributed by atoms with Crippen molar-refractivity contribution in [3.05, 3.63) is 0 Å². The normalized spacial score (nSPS) is 20.9.